The van der Waals surface area contributed by atoms with E-state index in [1.54, 1.807) is 11.8 Å². The molecule has 3 rings (SSSR count). The van der Waals surface area contributed by atoms with Gasteiger partial charge in [0, 0.05) is 13.7 Å². The molecule has 0 radical (unpaired) electrons. The summed E-state index contributed by atoms with van der Waals surface area (Å²) in [4.78, 5) is 0. The zero-order valence-corrected chi connectivity index (χ0v) is 11.8. The van der Waals surface area contributed by atoms with Crippen LogP contribution in [0.1, 0.15) is 24.8 Å². The number of nitrogens with zero attached hydrogens (tertiary/aromatic N) is 4. The summed E-state index contributed by atoms with van der Waals surface area (Å²) in [6.07, 6.45) is 3.39. The highest BCUT2D eigenvalue weighted by Gasteiger charge is 2.37. The van der Waals surface area contributed by atoms with Gasteiger partial charge in [0.1, 0.15) is 0 Å². The fraction of sp³-hybridized carbons (Fsp3) is 0.500. The number of tetrazole rings is 1. The average Bonchev–Trinajstić information content (AvgIpc) is 2.87. The number of hydrogen-bond donors (Lipinski definition) is 1. The van der Waals surface area contributed by atoms with E-state index in [1.165, 1.54) is 12.0 Å². The molecule has 1 aromatic heterocycles. The van der Waals surface area contributed by atoms with Gasteiger partial charge in [0.15, 0.2) is 0 Å². The van der Waals surface area contributed by atoms with Gasteiger partial charge < -0.3 is 10.1 Å². The molecule has 0 atom stereocenters. The van der Waals surface area contributed by atoms with Gasteiger partial charge in [-0.05, 0) is 48.7 Å². The van der Waals surface area contributed by atoms with E-state index in [9.17, 15) is 0 Å². The van der Waals surface area contributed by atoms with Gasteiger partial charge in [-0.2, -0.15) is 4.68 Å². The lowest BCUT2D eigenvalue weighted by Crippen LogP contribution is -2.45. The van der Waals surface area contributed by atoms with Crippen LogP contribution in [-0.2, 0) is 4.74 Å². The van der Waals surface area contributed by atoms with Crippen molar-refractivity contribution in [2.45, 2.75) is 31.8 Å². The van der Waals surface area contributed by atoms with E-state index >= 15 is 0 Å². The number of hydrogen-bond acceptors (Lipinski definition) is 5. The smallest absolute Gasteiger partial charge is 0.247 e. The number of anilines is 1. The molecule has 6 nitrogen and oxygen atoms in total. The number of aryl methyl sites for hydroxylation is 1. The van der Waals surface area contributed by atoms with Crippen molar-refractivity contribution in [2.24, 2.45) is 0 Å². The molecule has 1 fully saturated rings. The maximum absolute atomic E-state index is 5.59. The molecule has 0 unspecified atom stereocenters. The van der Waals surface area contributed by atoms with Gasteiger partial charge in [0.2, 0.25) is 5.95 Å². The van der Waals surface area contributed by atoms with Gasteiger partial charge >= 0.3 is 0 Å². The number of benzene rings is 1. The second-order valence-corrected chi connectivity index (χ2v) is 5.34. The van der Waals surface area contributed by atoms with Crippen molar-refractivity contribution in [3.63, 3.8) is 0 Å². The van der Waals surface area contributed by atoms with Crippen LogP contribution < -0.4 is 5.32 Å². The van der Waals surface area contributed by atoms with Crippen LogP contribution in [-0.4, -0.2) is 39.5 Å². The van der Waals surface area contributed by atoms with E-state index in [-0.39, 0.29) is 5.60 Å². The lowest BCUT2D eigenvalue weighted by Gasteiger charge is -2.40. The number of rotatable bonds is 5. The Morgan fingerprint density at radius 3 is 2.65 bits per heavy atom. The van der Waals surface area contributed by atoms with Crippen molar-refractivity contribution in [1.29, 1.82) is 0 Å². The fourth-order valence-corrected chi connectivity index (χ4v) is 2.42. The third kappa shape index (κ3) is 2.38. The maximum Gasteiger partial charge on any atom is 0.247 e. The number of methoxy groups -OCH3 is 1. The predicted molar refractivity (Wildman–Crippen MR) is 76.0 cm³/mol. The minimum absolute atomic E-state index is 0.0515. The van der Waals surface area contributed by atoms with Crippen molar-refractivity contribution in [3.05, 3.63) is 29.8 Å². The topological polar surface area (TPSA) is 64.9 Å². The second-order valence-electron chi connectivity index (χ2n) is 5.34. The summed E-state index contributed by atoms with van der Waals surface area (Å²) in [5, 5.41) is 15.1. The first kappa shape index (κ1) is 13.1. The molecule has 106 valence electrons. The van der Waals surface area contributed by atoms with Crippen LogP contribution in [0.2, 0.25) is 0 Å². The first-order valence-corrected chi connectivity index (χ1v) is 6.87. The minimum Gasteiger partial charge on any atom is -0.376 e. The Labute approximate surface area is 118 Å². The Morgan fingerprint density at radius 2 is 2.05 bits per heavy atom. The third-order valence-electron chi connectivity index (χ3n) is 4.01. The van der Waals surface area contributed by atoms with E-state index < -0.39 is 0 Å². The highest BCUT2D eigenvalue weighted by Crippen LogP contribution is 2.34. The SMILES string of the molecule is COC1(CNc2nnnn2-c2ccc(C)cc2)CCC1. The first-order valence-electron chi connectivity index (χ1n) is 6.87. The van der Waals surface area contributed by atoms with Gasteiger partial charge in [-0.1, -0.05) is 22.8 Å². The van der Waals surface area contributed by atoms with Gasteiger partial charge in [-0.25, -0.2) is 0 Å². The Balaban J connectivity index is 1.75. The molecular formula is C14H19N5O. The molecule has 2 aromatic rings. The van der Waals surface area contributed by atoms with E-state index in [0.29, 0.717) is 5.95 Å². The van der Waals surface area contributed by atoms with Gasteiger partial charge in [-0.3, -0.25) is 0 Å². The molecule has 20 heavy (non-hydrogen) atoms. The molecule has 1 N–H and O–H groups in total. The normalized spacial score (nSPS) is 16.7. The molecule has 1 aliphatic rings. The van der Waals surface area contributed by atoms with Crippen LogP contribution in [0.15, 0.2) is 24.3 Å². The molecular weight excluding hydrogens is 254 g/mol. The van der Waals surface area contributed by atoms with Crippen LogP contribution in [0.3, 0.4) is 0 Å². The molecule has 0 aliphatic heterocycles. The Kier molecular flexibility index (Phi) is 3.40. The lowest BCUT2D eigenvalue weighted by atomic mass is 9.80. The van der Waals surface area contributed by atoms with E-state index in [1.807, 2.05) is 24.3 Å². The molecule has 1 aliphatic carbocycles. The molecule has 0 spiro atoms. The van der Waals surface area contributed by atoms with Crippen molar-refractivity contribution in [2.75, 3.05) is 19.0 Å². The predicted octanol–water partition coefficient (Wildman–Crippen LogP) is 1.95. The highest BCUT2D eigenvalue weighted by molar-refractivity contribution is 5.40. The van der Waals surface area contributed by atoms with Crippen LogP contribution >= 0.6 is 0 Å². The van der Waals surface area contributed by atoms with Crippen LogP contribution in [0.4, 0.5) is 5.95 Å². The lowest BCUT2D eigenvalue weighted by molar-refractivity contribution is -0.0602. The van der Waals surface area contributed by atoms with Crippen LogP contribution in [0.25, 0.3) is 5.69 Å². The quantitative estimate of drug-likeness (QED) is 0.902. The zero-order chi connectivity index (χ0) is 14.0. The molecule has 1 aromatic carbocycles. The maximum atomic E-state index is 5.59. The number of ether oxygens (including phenoxy) is 1. The first-order chi connectivity index (χ1) is 9.72. The van der Waals surface area contributed by atoms with E-state index in [0.717, 1.165) is 25.1 Å². The summed E-state index contributed by atoms with van der Waals surface area (Å²) in [5.74, 6) is 0.650. The van der Waals surface area contributed by atoms with Crippen molar-refractivity contribution < 1.29 is 4.74 Å². The third-order valence-corrected chi connectivity index (χ3v) is 4.01. The average molecular weight is 273 g/mol. The van der Waals surface area contributed by atoms with Crippen LogP contribution in [0, 0.1) is 6.92 Å². The minimum atomic E-state index is -0.0515. The molecule has 1 heterocycles. The Morgan fingerprint density at radius 1 is 1.30 bits per heavy atom. The molecule has 0 saturated heterocycles. The number of aromatic nitrogens is 4. The molecule has 1 saturated carbocycles. The standard InChI is InChI=1S/C14H19N5O/c1-11-4-6-12(7-5-11)19-13(16-17-18-19)15-10-14(20-2)8-3-9-14/h4-7H,3,8-10H2,1-2H3,(H,15,16,18). The van der Waals surface area contributed by atoms with Crippen molar-refractivity contribution in [1.82, 2.24) is 20.2 Å². The van der Waals surface area contributed by atoms with E-state index in [2.05, 4.69) is 27.8 Å². The summed E-state index contributed by atoms with van der Waals surface area (Å²) in [6, 6.07) is 8.10. The molecule has 6 heteroatoms. The van der Waals surface area contributed by atoms with Gasteiger partial charge in [0.25, 0.3) is 0 Å². The summed E-state index contributed by atoms with van der Waals surface area (Å²) in [5.41, 5.74) is 2.11. The molecule has 0 amide bonds. The molecule has 0 bridgehead atoms. The summed E-state index contributed by atoms with van der Waals surface area (Å²) in [6.45, 7) is 2.79. The van der Waals surface area contributed by atoms with Crippen molar-refractivity contribution >= 4 is 5.95 Å². The largest absolute Gasteiger partial charge is 0.376 e. The van der Waals surface area contributed by atoms with E-state index in [4.69, 9.17) is 4.74 Å². The second kappa shape index (κ2) is 5.20. The van der Waals surface area contributed by atoms with Crippen molar-refractivity contribution in [3.8, 4) is 5.69 Å². The zero-order valence-electron chi connectivity index (χ0n) is 11.8. The Hall–Kier alpha value is -1.95. The van der Waals surface area contributed by atoms with Crippen LogP contribution in [0.5, 0.6) is 0 Å². The number of nitrogens with one attached hydrogen (secondary N) is 1. The Bertz CT molecular complexity index is 568. The van der Waals surface area contributed by atoms with Gasteiger partial charge in [0.05, 0.1) is 11.3 Å². The monoisotopic (exact) mass is 273 g/mol. The summed E-state index contributed by atoms with van der Waals surface area (Å²) < 4.78 is 7.30. The van der Waals surface area contributed by atoms with Gasteiger partial charge in [-0.15, -0.1) is 0 Å². The highest BCUT2D eigenvalue weighted by atomic mass is 16.5. The summed E-state index contributed by atoms with van der Waals surface area (Å²) in [7, 11) is 1.77. The fourth-order valence-electron chi connectivity index (χ4n) is 2.42. The summed E-state index contributed by atoms with van der Waals surface area (Å²) >= 11 is 0.